The van der Waals surface area contributed by atoms with Crippen LogP contribution in [0.2, 0.25) is 0 Å². The molecular weight excluding hydrogens is 374 g/mol. The molecule has 0 bridgehead atoms. The summed E-state index contributed by atoms with van der Waals surface area (Å²) in [6, 6.07) is 7.25. The van der Waals surface area contributed by atoms with Crippen molar-refractivity contribution in [2.24, 2.45) is 0 Å². The van der Waals surface area contributed by atoms with E-state index < -0.39 is 17.1 Å². The van der Waals surface area contributed by atoms with Gasteiger partial charge in [-0.05, 0) is 24.6 Å². The topological polar surface area (TPSA) is 87.5 Å². The number of hydrogen-bond acceptors (Lipinski definition) is 5. The highest BCUT2D eigenvalue weighted by molar-refractivity contribution is 9.10. The highest BCUT2D eigenvalue weighted by Gasteiger charge is 2.44. The quantitative estimate of drug-likeness (QED) is 0.718. The lowest BCUT2D eigenvalue weighted by atomic mass is 10.2. The van der Waals surface area contributed by atoms with Crippen molar-refractivity contribution in [1.29, 1.82) is 0 Å². The van der Waals surface area contributed by atoms with Crippen molar-refractivity contribution in [3.8, 4) is 0 Å². The minimum atomic E-state index is -3.10. The maximum absolute atomic E-state index is 11.0. The van der Waals surface area contributed by atoms with E-state index in [1.807, 2.05) is 24.3 Å². The van der Waals surface area contributed by atoms with Crippen LogP contribution in [0.5, 0.6) is 0 Å². The van der Waals surface area contributed by atoms with Crippen LogP contribution >= 0.6 is 26.9 Å². The number of hydrogen-bond donors (Lipinski definition) is 3. The van der Waals surface area contributed by atoms with Gasteiger partial charge in [-0.2, -0.15) is 4.31 Å². The lowest BCUT2D eigenvalue weighted by Crippen LogP contribution is -2.39. The summed E-state index contributed by atoms with van der Waals surface area (Å²) in [7, 11) is -3.10. The molecule has 2 aliphatic heterocycles. The summed E-state index contributed by atoms with van der Waals surface area (Å²) in [6.07, 6.45) is -0.337. The number of carbonyl (C=O) groups is 1. The van der Waals surface area contributed by atoms with E-state index in [2.05, 4.69) is 15.9 Å². The van der Waals surface area contributed by atoms with Crippen molar-refractivity contribution in [2.45, 2.75) is 12.5 Å². The molecule has 3 N–H and O–H groups in total. The number of likely N-dealkylation sites (tertiary alicyclic amines) is 1. The van der Waals surface area contributed by atoms with Gasteiger partial charge in [-0.25, -0.2) is 4.79 Å². The third-order valence-corrected chi connectivity index (χ3v) is 6.66. The summed E-state index contributed by atoms with van der Waals surface area (Å²) in [5.41, 5.74) is 0.741. The fraction of sp³-hybridized carbons (Fsp3) is 0.462. The molecule has 7 nitrogen and oxygen atoms in total. The molecule has 1 aromatic carbocycles. The molecule has 0 spiro atoms. The summed E-state index contributed by atoms with van der Waals surface area (Å²) < 4.78 is 25.4. The molecule has 2 heterocycles. The first kappa shape index (κ1) is 15.9. The molecule has 2 aliphatic rings. The monoisotopic (exact) mass is 391 g/mol. The van der Waals surface area contributed by atoms with Gasteiger partial charge in [-0.1, -0.05) is 33.0 Å². The minimum absolute atomic E-state index is 0.154. The summed E-state index contributed by atoms with van der Waals surface area (Å²) in [5, 5.41) is 9.04. The Morgan fingerprint density at radius 1 is 1.27 bits per heavy atom. The van der Waals surface area contributed by atoms with E-state index in [0.29, 0.717) is 32.6 Å². The Balaban J connectivity index is 1.78. The molecule has 2 saturated heterocycles. The molecule has 0 saturated carbocycles. The fourth-order valence-electron chi connectivity index (χ4n) is 3.00. The first-order valence-corrected chi connectivity index (χ1v) is 9.21. The van der Waals surface area contributed by atoms with Crippen LogP contribution in [0.3, 0.4) is 0 Å². The van der Waals surface area contributed by atoms with Crippen molar-refractivity contribution in [3.63, 3.8) is 0 Å². The molecule has 0 radical (unpaired) electrons. The molecule has 9 heteroatoms. The van der Waals surface area contributed by atoms with Gasteiger partial charge in [0.05, 0.1) is 18.3 Å². The second-order valence-electron chi connectivity index (χ2n) is 5.38. The summed E-state index contributed by atoms with van der Waals surface area (Å²) >= 11 is 3.39. The van der Waals surface area contributed by atoms with Gasteiger partial charge < -0.3 is 10.0 Å². The van der Waals surface area contributed by atoms with Crippen LogP contribution in [0, 0.1) is 0 Å². The van der Waals surface area contributed by atoms with Gasteiger partial charge >= 0.3 is 6.09 Å². The van der Waals surface area contributed by atoms with Crippen molar-refractivity contribution >= 4 is 38.7 Å². The Morgan fingerprint density at radius 3 is 2.68 bits per heavy atom. The molecule has 1 aromatic rings. The Hall–Kier alpha value is -1.000. The summed E-state index contributed by atoms with van der Waals surface area (Å²) in [6.45, 7) is 1.76. The Kier molecular flexibility index (Phi) is 4.25. The zero-order valence-electron chi connectivity index (χ0n) is 11.8. The molecule has 0 aliphatic carbocycles. The molecule has 122 valence electrons. The highest BCUT2D eigenvalue weighted by Crippen LogP contribution is 2.55. The van der Waals surface area contributed by atoms with E-state index >= 15 is 0 Å². The molecule has 3 rings (SSSR count). The smallest absolute Gasteiger partial charge is 0.407 e. The third-order valence-electron chi connectivity index (χ3n) is 4.07. The van der Waals surface area contributed by atoms with E-state index in [1.54, 1.807) is 8.61 Å². The summed E-state index contributed by atoms with van der Waals surface area (Å²) in [4.78, 5) is 12.3. The van der Waals surface area contributed by atoms with Crippen molar-refractivity contribution < 1.29 is 19.0 Å². The molecule has 1 amide bonds. The summed E-state index contributed by atoms with van der Waals surface area (Å²) in [5.74, 6) is 0. The van der Waals surface area contributed by atoms with Gasteiger partial charge in [0.25, 0.3) is 0 Å². The number of amides is 1. The SMILES string of the molecule is O=C(O)N1CCC(N2CCN(c3cccc(Br)c3)S2(O)O)C1. The van der Waals surface area contributed by atoms with E-state index in [4.69, 9.17) is 5.11 Å². The average molecular weight is 392 g/mol. The van der Waals surface area contributed by atoms with E-state index in [0.717, 1.165) is 10.2 Å². The number of rotatable bonds is 2. The maximum Gasteiger partial charge on any atom is 0.407 e. The van der Waals surface area contributed by atoms with Gasteiger partial charge in [0.15, 0.2) is 0 Å². The zero-order valence-corrected chi connectivity index (χ0v) is 14.2. The lowest BCUT2D eigenvalue weighted by Gasteiger charge is -2.45. The Labute approximate surface area is 138 Å². The van der Waals surface area contributed by atoms with Gasteiger partial charge in [0.1, 0.15) is 0 Å². The number of anilines is 1. The van der Waals surface area contributed by atoms with Gasteiger partial charge in [0, 0.05) is 24.1 Å². The van der Waals surface area contributed by atoms with Crippen LogP contribution in [0.25, 0.3) is 0 Å². The number of benzene rings is 1. The van der Waals surface area contributed by atoms with Gasteiger partial charge in [-0.15, -0.1) is 0 Å². The molecular formula is C13H18BrN3O4S. The molecule has 2 fully saturated rings. The van der Waals surface area contributed by atoms with E-state index in [1.165, 1.54) is 4.90 Å². The predicted molar refractivity (Wildman–Crippen MR) is 89.0 cm³/mol. The van der Waals surface area contributed by atoms with Crippen LogP contribution in [0.15, 0.2) is 28.7 Å². The standard InChI is InChI=1S/C13H18BrN3O4S/c14-10-2-1-3-11(8-10)16-6-7-17(22(16,20)21)12-4-5-15(9-12)13(18)19/h1-3,8,12,20-21H,4-7,9H2,(H,18,19). The third kappa shape index (κ3) is 2.79. The van der Waals surface area contributed by atoms with Gasteiger partial charge in [0.2, 0.25) is 0 Å². The zero-order chi connectivity index (χ0) is 15.9. The normalized spacial score (nSPS) is 26.4. The number of halogens is 1. The van der Waals surface area contributed by atoms with Crippen LogP contribution in [-0.4, -0.2) is 61.7 Å². The minimum Gasteiger partial charge on any atom is -0.465 e. The van der Waals surface area contributed by atoms with Crippen LogP contribution in [0.4, 0.5) is 10.5 Å². The molecule has 22 heavy (non-hydrogen) atoms. The molecule has 1 unspecified atom stereocenters. The second-order valence-corrected chi connectivity index (χ2v) is 8.19. The fourth-order valence-corrected chi connectivity index (χ4v) is 5.26. The van der Waals surface area contributed by atoms with Crippen molar-refractivity contribution in [3.05, 3.63) is 28.7 Å². The lowest BCUT2D eigenvalue weighted by molar-refractivity contribution is 0.152. The first-order chi connectivity index (χ1) is 10.4. The van der Waals surface area contributed by atoms with E-state index in [-0.39, 0.29) is 6.04 Å². The number of carboxylic acid groups (broad SMARTS) is 1. The van der Waals surface area contributed by atoms with Crippen LogP contribution in [0.1, 0.15) is 6.42 Å². The number of nitrogens with zero attached hydrogens (tertiary/aromatic N) is 3. The Morgan fingerprint density at radius 2 is 2.05 bits per heavy atom. The van der Waals surface area contributed by atoms with Crippen molar-refractivity contribution in [2.75, 3.05) is 30.5 Å². The Bertz CT molecular complexity index is 588. The molecule has 0 aromatic heterocycles. The van der Waals surface area contributed by atoms with Gasteiger partial charge in [-0.3, -0.25) is 13.4 Å². The molecule has 1 atom stereocenters. The first-order valence-electron chi connectivity index (χ1n) is 6.96. The van der Waals surface area contributed by atoms with Crippen LogP contribution in [-0.2, 0) is 0 Å². The maximum atomic E-state index is 11.0. The van der Waals surface area contributed by atoms with E-state index in [9.17, 15) is 13.9 Å². The second kappa shape index (κ2) is 5.89. The van der Waals surface area contributed by atoms with Crippen molar-refractivity contribution in [1.82, 2.24) is 9.21 Å². The predicted octanol–water partition coefficient (Wildman–Crippen LogP) is 2.90. The van der Waals surface area contributed by atoms with Crippen LogP contribution < -0.4 is 4.31 Å². The largest absolute Gasteiger partial charge is 0.465 e. The average Bonchev–Trinajstić information content (AvgIpc) is 3.02. The highest BCUT2D eigenvalue weighted by atomic mass is 79.9.